The van der Waals surface area contributed by atoms with Crippen LogP contribution in [0.1, 0.15) is 15.2 Å². The summed E-state index contributed by atoms with van der Waals surface area (Å²) in [7, 11) is 1.55. The van der Waals surface area contributed by atoms with E-state index >= 15 is 0 Å². The third kappa shape index (κ3) is 5.29. The third-order valence-electron chi connectivity index (χ3n) is 3.56. The van der Waals surface area contributed by atoms with Gasteiger partial charge in [-0.1, -0.05) is 24.3 Å². The fraction of sp³-hybridized carbons (Fsp3) is 0.105. The number of ether oxygens (including phenoxy) is 1. The quantitative estimate of drug-likeness (QED) is 0.606. The van der Waals surface area contributed by atoms with Gasteiger partial charge in [0, 0.05) is 24.5 Å². The maximum Gasteiger partial charge on any atom is 0.324 e. The molecule has 1 aromatic carbocycles. The van der Waals surface area contributed by atoms with E-state index in [0.29, 0.717) is 28.0 Å². The minimum absolute atomic E-state index is 0.215. The molecule has 0 atom stereocenters. The van der Waals surface area contributed by atoms with Gasteiger partial charge in [-0.3, -0.25) is 10.1 Å². The SMILES string of the molecule is COc1ccc(CNC(=O)c2ccc(NC(=O)Nc3ccccc3)s2)cn1. The van der Waals surface area contributed by atoms with E-state index < -0.39 is 0 Å². The van der Waals surface area contributed by atoms with Crippen LogP contribution in [-0.2, 0) is 6.54 Å². The highest BCUT2D eigenvalue weighted by Gasteiger charge is 2.11. The van der Waals surface area contributed by atoms with Crippen molar-refractivity contribution in [1.29, 1.82) is 0 Å². The van der Waals surface area contributed by atoms with Gasteiger partial charge in [-0.05, 0) is 29.8 Å². The van der Waals surface area contributed by atoms with Gasteiger partial charge in [0.2, 0.25) is 5.88 Å². The number of anilines is 2. The normalized spacial score (nSPS) is 10.1. The minimum atomic E-state index is -0.362. The highest BCUT2D eigenvalue weighted by atomic mass is 32.1. The number of carbonyl (C=O) groups is 2. The standard InChI is InChI=1S/C19H18N4O3S/c1-26-16-9-7-13(11-20-16)12-21-18(24)15-8-10-17(27-15)23-19(25)22-14-5-3-2-4-6-14/h2-11H,12H2,1H3,(H,21,24)(H2,22,23,25). The average Bonchev–Trinajstić information content (AvgIpc) is 3.15. The number of amides is 3. The molecule has 3 aromatic rings. The Morgan fingerprint density at radius 3 is 2.56 bits per heavy atom. The van der Waals surface area contributed by atoms with E-state index in [9.17, 15) is 9.59 Å². The summed E-state index contributed by atoms with van der Waals surface area (Å²) in [6.45, 7) is 0.352. The number of methoxy groups -OCH3 is 1. The Kier molecular flexibility index (Phi) is 6.01. The number of urea groups is 1. The van der Waals surface area contributed by atoms with Crippen LogP contribution in [0.4, 0.5) is 15.5 Å². The Labute approximate surface area is 160 Å². The maximum absolute atomic E-state index is 12.3. The van der Waals surface area contributed by atoms with Gasteiger partial charge < -0.3 is 15.4 Å². The molecule has 0 radical (unpaired) electrons. The minimum Gasteiger partial charge on any atom is -0.481 e. The topological polar surface area (TPSA) is 92.4 Å². The lowest BCUT2D eigenvalue weighted by Gasteiger charge is -2.05. The Morgan fingerprint density at radius 2 is 1.85 bits per heavy atom. The summed E-state index contributed by atoms with van der Waals surface area (Å²) in [6.07, 6.45) is 1.65. The molecule has 0 spiro atoms. The molecular formula is C19H18N4O3S. The molecule has 3 N–H and O–H groups in total. The van der Waals surface area contributed by atoms with Gasteiger partial charge in [-0.25, -0.2) is 9.78 Å². The predicted octanol–water partition coefficient (Wildman–Crippen LogP) is 3.73. The number of hydrogen-bond acceptors (Lipinski definition) is 5. The summed E-state index contributed by atoms with van der Waals surface area (Å²) in [6, 6.07) is 15.7. The van der Waals surface area contributed by atoms with Crippen molar-refractivity contribution < 1.29 is 14.3 Å². The van der Waals surface area contributed by atoms with Gasteiger partial charge in [0.05, 0.1) is 17.0 Å². The van der Waals surface area contributed by atoms with Crippen molar-refractivity contribution in [2.45, 2.75) is 6.54 Å². The van der Waals surface area contributed by atoms with E-state index in [1.54, 1.807) is 43.6 Å². The van der Waals surface area contributed by atoms with Crippen molar-refractivity contribution in [2.24, 2.45) is 0 Å². The lowest BCUT2D eigenvalue weighted by Crippen LogP contribution is -2.21. The number of nitrogens with zero attached hydrogens (tertiary/aromatic N) is 1. The number of rotatable bonds is 6. The van der Waals surface area contributed by atoms with Crippen molar-refractivity contribution in [3.8, 4) is 5.88 Å². The zero-order valence-electron chi connectivity index (χ0n) is 14.6. The number of para-hydroxylation sites is 1. The molecule has 2 aromatic heterocycles. The van der Waals surface area contributed by atoms with Gasteiger partial charge in [0.1, 0.15) is 0 Å². The summed E-state index contributed by atoms with van der Waals surface area (Å²) in [4.78, 5) is 28.8. The van der Waals surface area contributed by atoms with E-state index in [-0.39, 0.29) is 11.9 Å². The van der Waals surface area contributed by atoms with Crippen LogP contribution < -0.4 is 20.7 Å². The number of hydrogen-bond donors (Lipinski definition) is 3. The van der Waals surface area contributed by atoms with Gasteiger partial charge in [0.25, 0.3) is 5.91 Å². The van der Waals surface area contributed by atoms with Crippen LogP contribution in [0.3, 0.4) is 0 Å². The zero-order valence-corrected chi connectivity index (χ0v) is 15.4. The Hall–Kier alpha value is -3.39. The van der Waals surface area contributed by atoms with Crippen molar-refractivity contribution in [2.75, 3.05) is 17.7 Å². The molecule has 2 heterocycles. The summed E-state index contributed by atoms with van der Waals surface area (Å²) in [5.41, 5.74) is 1.55. The molecule has 7 nitrogen and oxygen atoms in total. The van der Waals surface area contributed by atoms with E-state index in [1.807, 2.05) is 24.3 Å². The molecule has 0 aliphatic carbocycles. The summed E-state index contributed by atoms with van der Waals surface area (Å²) < 4.78 is 5.00. The summed E-state index contributed by atoms with van der Waals surface area (Å²) in [5, 5.41) is 8.85. The second-order valence-corrected chi connectivity index (χ2v) is 6.58. The van der Waals surface area contributed by atoms with Crippen LogP contribution in [0.15, 0.2) is 60.8 Å². The molecule has 138 valence electrons. The number of carbonyl (C=O) groups excluding carboxylic acids is 2. The molecule has 0 unspecified atom stereocenters. The van der Waals surface area contributed by atoms with Crippen LogP contribution in [-0.4, -0.2) is 24.0 Å². The molecule has 8 heteroatoms. The lowest BCUT2D eigenvalue weighted by atomic mass is 10.3. The van der Waals surface area contributed by atoms with Crippen LogP contribution in [0.2, 0.25) is 0 Å². The van der Waals surface area contributed by atoms with Crippen molar-refractivity contribution >= 4 is 34.0 Å². The number of nitrogens with one attached hydrogen (secondary N) is 3. The van der Waals surface area contributed by atoms with Crippen LogP contribution in [0, 0.1) is 0 Å². The molecule has 3 rings (SSSR count). The molecular weight excluding hydrogens is 364 g/mol. The smallest absolute Gasteiger partial charge is 0.324 e. The molecule has 0 bridgehead atoms. The van der Waals surface area contributed by atoms with Gasteiger partial charge in [-0.15, -0.1) is 11.3 Å². The molecule has 0 aliphatic heterocycles. The van der Waals surface area contributed by atoms with Gasteiger partial charge in [-0.2, -0.15) is 0 Å². The number of thiophene rings is 1. The second kappa shape index (κ2) is 8.81. The van der Waals surface area contributed by atoms with E-state index in [1.165, 1.54) is 11.3 Å². The van der Waals surface area contributed by atoms with Crippen LogP contribution >= 0.6 is 11.3 Å². The first-order valence-corrected chi connectivity index (χ1v) is 8.96. The first-order chi connectivity index (χ1) is 13.1. The predicted molar refractivity (Wildman–Crippen MR) is 105 cm³/mol. The monoisotopic (exact) mass is 382 g/mol. The number of aromatic nitrogens is 1. The Balaban J connectivity index is 1.51. The molecule has 27 heavy (non-hydrogen) atoms. The highest BCUT2D eigenvalue weighted by molar-refractivity contribution is 7.18. The van der Waals surface area contributed by atoms with Gasteiger partial charge in [0.15, 0.2) is 0 Å². The van der Waals surface area contributed by atoms with Crippen molar-refractivity contribution in [3.05, 3.63) is 71.2 Å². The molecule has 0 fully saturated rings. The molecule has 3 amide bonds. The van der Waals surface area contributed by atoms with Crippen molar-refractivity contribution in [1.82, 2.24) is 10.3 Å². The maximum atomic E-state index is 12.3. The highest BCUT2D eigenvalue weighted by Crippen LogP contribution is 2.22. The molecule has 0 saturated carbocycles. The summed E-state index contributed by atoms with van der Waals surface area (Å²) in [5.74, 6) is 0.306. The molecule has 0 aliphatic rings. The number of benzene rings is 1. The second-order valence-electron chi connectivity index (χ2n) is 5.50. The van der Waals surface area contributed by atoms with E-state index in [4.69, 9.17) is 4.74 Å². The third-order valence-corrected chi connectivity index (χ3v) is 4.56. The Morgan fingerprint density at radius 1 is 1.04 bits per heavy atom. The van der Waals surface area contributed by atoms with Crippen LogP contribution in [0.5, 0.6) is 5.88 Å². The fourth-order valence-electron chi connectivity index (χ4n) is 2.23. The lowest BCUT2D eigenvalue weighted by molar-refractivity contribution is 0.0955. The number of pyridine rings is 1. The fourth-order valence-corrected chi connectivity index (χ4v) is 3.05. The molecule has 0 saturated heterocycles. The Bertz CT molecular complexity index is 910. The van der Waals surface area contributed by atoms with E-state index in [0.717, 1.165) is 5.56 Å². The van der Waals surface area contributed by atoms with E-state index in [2.05, 4.69) is 20.9 Å². The van der Waals surface area contributed by atoms with Crippen LogP contribution in [0.25, 0.3) is 0 Å². The van der Waals surface area contributed by atoms with Gasteiger partial charge >= 0.3 is 6.03 Å². The largest absolute Gasteiger partial charge is 0.481 e. The first kappa shape index (κ1) is 18.4. The first-order valence-electron chi connectivity index (χ1n) is 8.14. The summed E-state index contributed by atoms with van der Waals surface area (Å²) >= 11 is 1.20. The zero-order chi connectivity index (χ0) is 19.1. The van der Waals surface area contributed by atoms with Crippen molar-refractivity contribution in [3.63, 3.8) is 0 Å². The average molecular weight is 382 g/mol.